The molecule has 0 amide bonds. The molecule has 0 saturated heterocycles. The van der Waals surface area contributed by atoms with Crippen LogP contribution in [0, 0.1) is 44.8 Å². The normalized spacial score (nSPS) is 27.5. The second kappa shape index (κ2) is 4.83. The second-order valence-electron chi connectivity index (χ2n) is 7.80. The van der Waals surface area contributed by atoms with Gasteiger partial charge in [-0.15, -0.1) is 0 Å². The number of hydrogen-bond acceptors (Lipinski definition) is 3. The summed E-state index contributed by atoms with van der Waals surface area (Å²) in [5, 5.41) is 19.5. The number of rotatable bonds is 3. The Bertz CT molecular complexity index is 627. The number of hydrogen-bond donors (Lipinski definition) is 0. The lowest BCUT2D eigenvalue weighted by atomic mass is 9.43. The van der Waals surface area contributed by atoms with E-state index in [-0.39, 0.29) is 22.9 Å². The summed E-state index contributed by atoms with van der Waals surface area (Å²) >= 11 is 0. The monoisotopic (exact) mass is 294 g/mol. The van der Waals surface area contributed by atoms with Crippen molar-refractivity contribution in [3.8, 4) is 12.1 Å². The molecule has 3 heteroatoms. The fourth-order valence-corrected chi connectivity index (χ4v) is 4.68. The van der Waals surface area contributed by atoms with E-state index in [9.17, 15) is 10.5 Å². The molecule has 2 aliphatic rings. The van der Waals surface area contributed by atoms with E-state index < -0.39 is 5.41 Å². The molecule has 2 saturated carbocycles. The Balaban J connectivity index is 1.85. The van der Waals surface area contributed by atoms with Gasteiger partial charge in [-0.05, 0) is 23.8 Å². The maximum Gasteiger partial charge on any atom is 0.174 e. The number of benzene rings is 1. The molecule has 114 valence electrons. The standard InChI is InChI=1S/C19H22N2O/c1-17(2,3)15-18(9-10-18)16(19(15,12-20)13-21)22-11-14-7-5-4-6-8-14/h4-8,15-16H,9-11H2,1-3H3. The summed E-state index contributed by atoms with van der Waals surface area (Å²) in [6, 6.07) is 14.6. The minimum Gasteiger partial charge on any atom is -0.370 e. The van der Waals surface area contributed by atoms with Gasteiger partial charge in [-0.25, -0.2) is 0 Å². The summed E-state index contributed by atoms with van der Waals surface area (Å²) < 4.78 is 6.12. The van der Waals surface area contributed by atoms with Crippen LogP contribution in [-0.4, -0.2) is 6.10 Å². The SMILES string of the molecule is CC(C)(C)C1C(C#N)(C#N)C(OCc2ccccc2)C12CC2. The van der Waals surface area contributed by atoms with Gasteiger partial charge in [-0.3, -0.25) is 0 Å². The first-order valence-electron chi connectivity index (χ1n) is 7.89. The average molecular weight is 294 g/mol. The maximum absolute atomic E-state index is 9.75. The summed E-state index contributed by atoms with van der Waals surface area (Å²) in [5.74, 6) is 0.0864. The molecule has 1 aromatic carbocycles. The Kier molecular flexibility index (Phi) is 3.31. The summed E-state index contributed by atoms with van der Waals surface area (Å²) in [4.78, 5) is 0. The predicted molar refractivity (Wildman–Crippen MR) is 83.3 cm³/mol. The van der Waals surface area contributed by atoms with Crippen molar-refractivity contribution in [2.24, 2.45) is 22.2 Å². The zero-order valence-electron chi connectivity index (χ0n) is 13.5. The van der Waals surface area contributed by atoms with Gasteiger partial charge in [0.1, 0.15) is 0 Å². The third-order valence-electron chi connectivity index (χ3n) is 5.29. The quantitative estimate of drug-likeness (QED) is 0.844. The van der Waals surface area contributed by atoms with E-state index in [0.717, 1.165) is 18.4 Å². The highest BCUT2D eigenvalue weighted by atomic mass is 16.5. The van der Waals surface area contributed by atoms with Gasteiger partial charge < -0.3 is 4.74 Å². The van der Waals surface area contributed by atoms with E-state index in [2.05, 4.69) is 32.9 Å². The smallest absolute Gasteiger partial charge is 0.174 e. The topological polar surface area (TPSA) is 56.8 Å². The van der Waals surface area contributed by atoms with Crippen LogP contribution in [0.3, 0.4) is 0 Å². The van der Waals surface area contributed by atoms with Crippen molar-refractivity contribution in [2.45, 2.75) is 46.3 Å². The molecule has 0 aliphatic heterocycles. The molecule has 2 fully saturated rings. The molecule has 2 atom stereocenters. The van der Waals surface area contributed by atoms with Crippen LogP contribution >= 0.6 is 0 Å². The highest BCUT2D eigenvalue weighted by Gasteiger charge is 2.80. The molecule has 0 aromatic heterocycles. The van der Waals surface area contributed by atoms with Crippen LogP contribution in [0.4, 0.5) is 0 Å². The summed E-state index contributed by atoms with van der Waals surface area (Å²) in [5.41, 5.74) is 0.0543. The van der Waals surface area contributed by atoms with Crippen molar-refractivity contribution in [1.82, 2.24) is 0 Å². The molecule has 22 heavy (non-hydrogen) atoms. The van der Waals surface area contributed by atoms with Crippen molar-refractivity contribution >= 4 is 0 Å². The van der Waals surface area contributed by atoms with E-state index in [1.54, 1.807) is 0 Å². The van der Waals surface area contributed by atoms with E-state index in [1.165, 1.54) is 0 Å². The number of ether oxygens (including phenoxy) is 1. The molecule has 0 heterocycles. The van der Waals surface area contributed by atoms with Crippen molar-refractivity contribution < 1.29 is 4.74 Å². The fourth-order valence-electron chi connectivity index (χ4n) is 4.68. The average Bonchev–Trinajstić information content (AvgIpc) is 3.26. The van der Waals surface area contributed by atoms with Crippen molar-refractivity contribution in [2.75, 3.05) is 0 Å². The summed E-state index contributed by atoms with van der Waals surface area (Å²) in [7, 11) is 0. The largest absolute Gasteiger partial charge is 0.370 e. The Morgan fingerprint density at radius 2 is 1.73 bits per heavy atom. The maximum atomic E-state index is 9.75. The molecule has 3 nitrogen and oxygen atoms in total. The lowest BCUT2D eigenvalue weighted by Gasteiger charge is -2.59. The zero-order valence-corrected chi connectivity index (χ0v) is 13.5. The van der Waals surface area contributed by atoms with Crippen molar-refractivity contribution in [3.05, 3.63) is 35.9 Å². The van der Waals surface area contributed by atoms with Gasteiger partial charge in [0, 0.05) is 11.3 Å². The summed E-state index contributed by atoms with van der Waals surface area (Å²) in [6.45, 7) is 6.87. The molecule has 0 N–H and O–H groups in total. The molecule has 2 unspecified atom stereocenters. The van der Waals surface area contributed by atoms with Crippen LogP contribution in [0.2, 0.25) is 0 Å². The molecular formula is C19H22N2O. The molecule has 1 spiro atoms. The van der Waals surface area contributed by atoms with E-state index in [0.29, 0.717) is 6.61 Å². The first-order chi connectivity index (χ1) is 10.4. The number of nitrogens with zero attached hydrogens (tertiary/aromatic N) is 2. The van der Waals surface area contributed by atoms with Crippen LogP contribution in [0.15, 0.2) is 30.3 Å². The van der Waals surface area contributed by atoms with E-state index in [1.807, 2.05) is 30.3 Å². The van der Waals surface area contributed by atoms with Gasteiger partial charge >= 0.3 is 0 Å². The molecule has 0 bridgehead atoms. The lowest BCUT2D eigenvalue weighted by Crippen LogP contribution is -2.66. The van der Waals surface area contributed by atoms with Crippen LogP contribution < -0.4 is 0 Å². The molecule has 3 rings (SSSR count). The Labute approximate surface area is 132 Å². The fraction of sp³-hybridized carbons (Fsp3) is 0.579. The van der Waals surface area contributed by atoms with Crippen molar-refractivity contribution in [1.29, 1.82) is 10.5 Å². The first-order valence-corrected chi connectivity index (χ1v) is 7.89. The van der Waals surface area contributed by atoms with E-state index in [4.69, 9.17) is 4.74 Å². The van der Waals surface area contributed by atoms with Gasteiger partial charge in [-0.2, -0.15) is 10.5 Å². The first kappa shape index (κ1) is 15.1. The Hall–Kier alpha value is -1.84. The molecule has 1 aromatic rings. The second-order valence-corrected chi connectivity index (χ2v) is 7.80. The Morgan fingerprint density at radius 1 is 1.14 bits per heavy atom. The van der Waals surface area contributed by atoms with Crippen LogP contribution in [0.25, 0.3) is 0 Å². The van der Waals surface area contributed by atoms with E-state index >= 15 is 0 Å². The molecular weight excluding hydrogens is 272 g/mol. The lowest BCUT2D eigenvalue weighted by molar-refractivity contribution is -0.207. The zero-order chi connectivity index (χ0) is 16.0. The molecule has 0 radical (unpaired) electrons. The highest BCUT2D eigenvalue weighted by Crippen LogP contribution is 2.76. The highest BCUT2D eigenvalue weighted by molar-refractivity contribution is 5.38. The van der Waals surface area contributed by atoms with Gasteiger partial charge in [0.2, 0.25) is 0 Å². The third kappa shape index (κ3) is 1.97. The van der Waals surface area contributed by atoms with Gasteiger partial charge in [0.25, 0.3) is 0 Å². The summed E-state index contributed by atoms with van der Waals surface area (Å²) in [6.07, 6.45) is 1.87. The van der Waals surface area contributed by atoms with Crippen molar-refractivity contribution in [3.63, 3.8) is 0 Å². The van der Waals surface area contributed by atoms with Gasteiger partial charge in [0.15, 0.2) is 5.41 Å². The van der Waals surface area contributed by atoms with Gasteiger partial charge in [-0.1, -0.05) is 51.1 Å². The van der Waals surface area contributed by atoms with Crippen LogP contribution in [-0.2, 0) is 11.3 Å². The third-order valence-corrected chi connectivity index (χ3v) is 5.29. The minimum absolute atomic E-state index is 0.0402. The van der Waals surface area contributed by atoms with Crippen LogP contribution in [0.1, 0.15) is 39.2 Å². The number of nitriles is 2. The molecule has 2 aliphatic carbocycles. The Morgan fingerprint density at radius 3 is 2.18 bits per heavy atom. The van der Waals surface area contributed by atoms with Crippen LogP contribution in [0.5, 0.6) is 0 Å². The minimum atomic E-state index is -1.01. The predicted octanol–water partition coefficient (Wildman–Crippen LogP) is 4.06. The van der Waals surface area contributed by atoms with Gasteiger partial charge in [0.05, 0.1) is 24.8 Å².